The summed E-state index contributed by atoms with van der Waals surface area (Å²) in [5, 5.41) is 33.6. The molecule has 5 heteroatoms. The van der Waals surface area contributed by atoms with Crippen LogP contribution in [0, 0.1) is 46.3 Å². The summed E-state index contributed by atoms with van der Waals surface area (Å²) in [5.41, 5.74) is 0.0640. The van der Waals surface area contributed by atoms with Gasteiger partial charge in [0, 0.05) is 5.97 Å². The molecule has 0 radical (unpaired) electrons. The Balaban J connectivity index is 0.000000279. The van der Waals surface area contributed by atoms with Crippen molar-refractivity contribution in [1.82, 2.24) is 0 Å². The van der Waals surface area contributed by atoms with Gasteiger partial charge in [0.25, 0.3) is 0 Å². The SMILES string of the molecule is CC(CCC(=O)[O-])C1CCC2C3C(O)CC4CCCCC4(C)C3CC(O)C12C.CCCCCCCCCCCCCCCC[N+](C)(C)C. The number of hydrogen-bond donors (Lipinski definition) is 2. The van der Waals surface area contributed by atoms with E-state index < -0.39 is 5.97 Å². The molecule has 4 saturated carbocycles. The van der Waals surface area contributed by atoms with E-state index >= 15 is 0 Å². The molecule has 0 aromatic heterocycles. The van der Waals surface area contributed by atoms with Crippen LogP contribution in [0.4, 0.5) is 0 Å². The van der Waals surface area contributed by atoms with Crippen LogP contribution in [0.1, 0.15) is 182 Å². The lowest BCUT2D eigenvalue weighted by Crippen LogP contribution is -2.61. The lowest BCUT2D eigenvalue weighted by Gasteiger charge is -2.63. The number of fused-ring (bicyclic) bond motifs is 5. The molecule has 0 bridgehead atoms. The molecule has 0 aromatic carbocycles. The number of carbonyl (C=O) groups is 1. The minimum Gasteiger partial charge on any atom is -0.550 e. The average molecular weight is 676 g/mol. The monoisotopic (exact) mass is 676 g/mol. The van der Waals surface area contributed by atoms with Crippen molar-refractivity contribution in [2.24, 2.45) is 46.3 Å². The molecular weight excluding hydrogens is 594 g/mol. The Morgan fingerprint density at radius 3 is 1.90 bits per heavy atom. The van der Waals surface area contributed by atoms with Gasteiger partial charge in [-0.05, 0) is 111 Å². The fourth-order valence-corrected chi connectivity index (χ4v) is 11.5. The molecule has 5 nitrogen and oxygen atoms in total. The van der Waals surface area contributed by atoms with Gasteiger partial charge in [-0.2, -0.15) is 0 Å². The molecule has 0 aromatic rings. The second-order valence-corrected chi connectivity index (χ2v) is 18.8. The highest BCUT2D eigenvalue weighted by Gasteiger charge is 2.65. The van der Waals surface area contributed by atoms with E-state index in [1.54, 1.807) is 0 Å². The van der Waals surface area contributed by atoms with Crippen molar-refractivity contribution in [3.63, 3.8) is 0 Å². The zero-order valence-corrected chi connectivity index (χ0v) is 33.0. The Hall–Kier alpha value is -0.650. The first kappa shape index (κ1) is 41.8. The molecule has 0 spiro atoms. The van der Waals surface area contributed by atoms with Crippen molar-refractivity contribution in [3.8, 4) is 0 Å². The minimum absolute atomic E-state index is 0.100. The number of hydrogen-bond acceptors (Lipinski definition) is 4. The molecule has 4 aliphatic rings. The second kappa shape index (κ2) is 19.8. The average Bonchev–Trinajstić information content (AvgIpc) is 3.39. The van der Waals surface area contributed by atoms with Crippen LogP contribution in [0.25, 0.3) is 0 Å². The van der Waals surface area contributed by atoms with E-state index in [9.17, 15) is 20.1 Å². The number of carboxylic acids is 1. The Labute approximate surface area is 298 Å². The molecule has 4 fully saturated rings. The fourth-order valence-electron chi connectivity index (χ4n) is 11.5. The highest BCUT2D eigenvalue weighted by atomic mass is 16.4. The topological polar surface area (TPSA) is 80.6 Å². The summed E-state index contributed by atoms with van der Waals surface area (Å²) >= 11 is 0. The standard InChI is InChI=1S/C24H40O4.C19H42N/c1-14(7-10-21(27)28)16-8-9-17-22-18(13-20(26)24(16,17)3)23(2)11-5-4-6-15(23)12-19(22)25;1-5-6-7-8-9-10-11-12-13-14-15-16-17-18-19-20(2,3)4/h14-20,22,25-26H,4-13H2,1-3H3,(H,27,28);5-19H2,1-4H3/q;+1/p-1. The van der Waals surface area contributed by atoms with Crippen molar-refractivity contribution in [2.75, 3.05) is 27.7 Å². The van der Waals surface area contributed by atoms with Gasteiger partial charge < -0.3 is 24.6 Å². The second-order valence-electron chi connectivity index (χ2n) is 18.8. The maximum atomic E-state index is 11.5. The van der Waals surface area contributed by atoms with Crippen LogP contribution in [0.15, 0.2) is 0 Å². The third-order valence-electron chi connectivity index (χ3n) is 14.5. The van der Waals surface area contributed by atoms with Crippen LogP contribution in [0.3, 0.4) is 0 Å². The molecule has 0 aliphatic heterocycles. The van der Waals surface area contributed by atoms with Crippen LogP contribution in [0.5, 0.6) is 0 Å². The van der Waals surface area contributed by atoms with E-state index in [1.165, 1.54) is 122 Å². The molecule has 10 unspecified atom stereocenters. The lowest BCUT2D eigenvalue weighted by atomic mass is 9.43. The van der Waals surface area contributed by atoms with Gasteiger partial charge in [0.2, 0.25) is 0 Å². The molecule has 0 amide bonds. The van der Waals surface area contributed by atoms with Crippen molar-refractivity contribution in [1.29, 1.82) is 0 Å². The quantitative estimate of drug-likeness (QED) is 0.106. The zero-order valence-electron chi connectivity index (χ0n) is 33.0. The summed E-state index contributed by atoms with van der Waals surface area (Å²) in [6, 6.07) is 0. The Morgan fingerprint density at radius 2 is 1.35 bits per heavy atom. The number of carbonyl (C=O) groups excluding carboxylic acids is 1. The number of quaternary nitrogens is 1. The molecule has 282 valence electrons. The molecule has 4 aliphatic carbocycles. The molecule has 10 atom stereocenters. The molecule has 0 saturated heterocycles. The zero-order chi connectivity index (χ0) is 35.4. The van der Waals surface area contributed by atoms with E-state index in [0.29, 0.717) is 36.0 Å². The number of rotatable bonds is 19. The highest BCUT2D eigenvalue weighted by Crippen LogP contribution is 2.68. The van der Waals surface area contributed by atoms with Crippen LogP contribution in [0.2, 0.25) is 0 Å². The predicted molar refractivity (Wildman–Crippen MR) is 199 cm³/mol. The van der Waals surface area contributed by atoms with Gasteiger partial charge in [0.15, 0.2) is 0 Å². The molecule has 48 heavy (non-hydrogen) atoms. The summed E-state index contributed by atoms with van der Waals surface area (Å²) in [5.74, 6) is 1.29. The van der Waals surface area contributed by atoms with E-state index in [2.05, 4.69) is 48.8 Å². The van der Waals surface area contributed by atoms with Crippen LogP contribution in [-0.4, -0.2) is 60.6 Å². The van der Waals surface area contributed by atoms with Gasteiger partial charge in [0.1, 0.15) is 0 Å². The number of unbranched alkanes of at least 4 members (excludes halogenated alkanes) is 13. The van der Waals surface area contributed by atoms with Gasteiger partial charge in [-0.1, -0.05) is 118 Å². The van der Waals surface area contributed by atoms with Crippen molar-refractivity contribution < 1.29 is 24.6 Å². The maximum absolute atomic E-state index is 11.5. The summed E-state index contributed by atoms with van der Waals surface area (Å²) in [6.07, 6.45) is 29.4. The third kappa shape index (κ3) is 11.4. The smallest absolute Gasteiger partial charge is 0.0780 e. The Morgan fingerprint density at radius 1 is 0.792 bits per heavy atom. The first-order valence-electron chi connectivity index (χ1n) is 21.1. The number of carboxylic acid groups (broad SMARTS) is 1. The summed E-state index contributed by atoms with van der Waals surface area (Å²) in [6.45, 7) is 10.5. The van der Waals surface area contributed by atoms with E-state index in [-0.39, 0.29) is 35.4 Å². The van der Waals surface area contributed by atoms with Crippen molar-refractivity contribution in [3.05, 3.63) is 0 Å². The molecule has 0 heterocycles. The predicted octanol–water partition coefficient (Wildman–Crippen LogP) is 9.32. The van der Waals surface area contributed by atoms with Gasteiger partial charge in [-0.15, -0.1) is 0 Å². The van der Waals surface area contributed by atoms with Crippen LogP contribution >= 0.6 is 0 Å². The van der Waals surface area contributed by atoms with Crippen molar-refractivity contribution >= 4 is 5.97 Å². The van der Waals surface area contributed by atoms with Crippen molar-refractivity contribution in [2.45, 2.75) is 194 Å². The molecular formula is C43H81NO4. The lowest BCUT2D eigenvalue weighted by molar-refractivity contribution is -0.870. The summed E-state index contributed by atoms with van der Waals surface area (Å²) in [7, 11) is 6.88. The van der Waals surface area contributed by atoms with E-state index in [0.717, 1.165) is 30.2 Å². The van der Waals surface area contributed by atoms with Crippen LogP contribution < -0.4 is 5.11 Å². The number of aliphatic hydroxyl groups is 2. The first-order chi connectivity index (χ1) is 22.8. The maximum Gasteiger partial charge on any atom is 0.0780 e. The third-order valence-corrected chi connectivity index (χ3v) is 14.5. The van der Waals surface area contributed by atoms with Gasteiger partial charge in [-0.3, -0.25) is 0 Å². The van der Waals surface area contributed by atoms with Gasteiger partial charge in [0.05, 0.1) is 39.9 Å². The minimum atomic E-state index is -0.977. The number of nitrogens with zero attached hydrogens (tertiary/aromatic N) is 1. The first-order valence-corrected chi connectivity index (χ1v) is 21.1. The molecule has 4 rings (SSSR count). The van der Waals surface area contributed by atoms with Crippen LogP contribution in [-0.2, 0) is 4.79 Å². The highest BCUT2D eigenvalue weighted by molar-refractivity contribution is 5.64. The number of aliphatic carboxylic acids is 1. The van der Waals surface area contributed by atoms with Gasteiger partial charge in [-0.25, -0.2) is 0 Å². The van der Waals surface area contributed by atoms with E-state index in [1.807, 2.05) is 0 Å². The van der Waals surface area contributed by atoms with Gasteiger partial charge >= 0.3 is 0 Å². The normalized spacial score (nSPS) is 35.1. The Bertz CT molecular complexity index is 917. The summed E-state index contributed by atoms with van der Waals surface area (Å²) < 4.78 is 1.12. The largest absolute Gasteiger partial charge is 0.550 e. The Kier molecular flexibility index (Phi) is 17.2. The number of aliphatic hydroxyl groups excluding tert-OH is 2. The van der Waals surface area contributed by atoms with E-state index in [4.69, 9.17) is 0 Å². The summed E-state index contributed by atoms with van der Waals surface area (Å²) in [4.78, 5) is 11.0. The fraction of sp³-hybridized carbons (Fsp3) is 0.977. The molecule has 2 N–H and O–H groups in total.